The minimum Gasteiger partial charge on any atom is -0.388 e. The maximum absolute atomic E-state index is 8.90. The minimum atomic E-state index is -1.48. The third kappa shape index (κ3) is 3.46. The van der Waals surface area contributed by atoms with Gasteiger partial charge in [0, 0.05) is 11.9 Å². The second kappa shape index (κ2) is 5.72. The number of nitrogens with zero attached hydrogens (tertiary/aromatic N) is 1. The molecule has 0 saturated carbocycles. The molecule has 2 nitrogen and oxygen atoms in total. The highest BCUT2D eigenvalue weighted by molar-refractivity contribution is 6.90. The molecule has 19 heavy (non-hydrogen) atoms. The van der Waals surface area contributed by atoms with Gasteiger partial charge in [-0.15, -0.1) is 0 Å². The van der Waals surface area contributed by atoms with Crippen LogP contribution in [0, 0.1) is 11.3 Å². The Hall–Kier alpha value is -2.05. The molecule has 0 aliphatic carbocycles. The maximum atomic E-state index is 8.90. The van der Waals surface area contributed by atoms with Gasteiger partial charge in [-0.05, 0) is 18.2 Å². The summed E-state index contributed by atoms with van der Waals surface area (Å²) in [6, 6.07) is 20.5. The zero-order valence-corrected chi connectivity index (χ0v) is 12.4. The highest BCUT2D eigenvalue weighted by Gasteiger charge is 2.22. The second-order valence-electron chi connectivity index (χ2n) is 5.30. The summed E-state index contributed by atoms with van der Waals surface area (Å²) in [4.78, 5) is 0. The van der Waals surface area contributed by atoms with Crippen LogP contribution in [0.2, 0.25) is 13.1 Å². The summed E-state index contributed by atoms with van der Waals surface area (Å²) in [5, 5.41) is 13.8. The third-order valence-electron chi connectivity index (χ3n) is 3.28. The third-order valence-corrected chi connectivity index (χ3v) is 6.24. The molecule has 0 heterocycles. The fraction of sp³-hybridized carbons (Fsp3) is 0.188. The fourth-order valence-electron chi connectivity index (χ4n) is 2.01. The van der Waals surface area contributed by atoms with Crippen molar-refractivity contribution in [2.24, 2.45) is 0 Å². The molecule has 0 aliphatic heterocycles. The van der Waals surface area contributed by atoms with E-state index in [4.69, 9.17) is 5.26 Å². The number of nitriles is 1. The van der Waals surface area contributed by atoms with Gasteiger partial charge in [0.05, 0.1) is 11.6 Å². The lowest BCUT2D eigenvalue weighted by molar-refractivity contribution is 1.37. The monoisotopic (exact) mass is 266 g/mol. The molecule has 0 unspecified atom stereocenters. The summed E-state index contributed by atoms with van der Waals surface area (Å²) < 4.78 is 0. The molecule has 0 bridgehead atoms. The first kappa shape index (κ1) is 13.4. The van der Waals surface area contributed by atoms with Gasteiger partial charge < -0.3 is 5.32 Å². The van der Waals surface area contributed by atoms with Gasteiger partial charge in [0.15, 0.2) is 0 Å². The van der Waals surface area contributed by atoms with Gasteiger partial charge in [0.1, 0.15) is 8.07 Å². The Balaban J connectivity index is 2.07. The smallest absolute Gasteiger partial charge is 0.101 e. The van der Waals surface area contributed by atoms with E-state index >= 15 is 0 Å². The number of anilines is 1. The molecule has 0 atom stereocenters. The van der Waals surface area contributed by atoms with Crippen molar-refractivity contribution in [2.45, 2.75) is 13.1 Å². The van der Waals surface area contributed by atoms with Crippen LogP contribution in [0.3, 0.4) is 0 Å². The van der Waals surface area contributed by atoms with Crippen LogP contribution in [0.25, 0.3) is 0 Å². The van der Waals surface area contributed by atoms with E-state index in [2.05, 4.69) is 54.8 Å². The van der Waals surface area contributed by atoms with E-state index < -0.39 is 8.07 Å². The molecule has 0 amide bonds. The van der Waals surface area contributed by atoms with Crippen molar-refractivity contribution in [2.75, 3.05) is 11.5 Å². The summed E-state index contributed by atoms with van der Waals surface area (Å²) in [7, 11) is -1.48. The van der Waals surface area contributed by atoms with E-state index in [1.807, 2.05) is 24.3 Å². The number of nitrogens with one attached hydrogen (secondary N) is 1. The largest absolute Gasteiger partial charge is 0.388 e. The lowest BCUT2D eigenvalue weighted by Gasteiger charge is -2.24. The van der Waals surface area contributed by atoms with Crippen LogP contribution in [0.5, 0.6) is 0 Å². The molecule has 3 heteroatoms. The Morgan fingerprint density at radius 1 is 1.05 bits per heavy atom. The summed E-state index contributed by atoms with van der Waals surface area (Å²) in [5.41, 5.74) is 1.72. The first-order chi connectivity index (χ1) is 9.12. The van der Waals surface area contributed by atoms with Crippen molar-refractivity contribution >= 4 is 18.9 Å². The predicted octanol–water partition coefficient (Wildman–Crippen LogP) is 3.12. The van der Waals surface area contributed by atoms with Crippen LogP contribution in [0.1, 0.15) is 5.56 Å². The van der Waals surface area contributed by atoms with Gasteiger partial charge in [-0.2, -0.15) is 5.26 Å². The molecule has 0 radical (unpaired) electrons. The Morgan fingerprint density at radius 2 is 1.79 bits per heavy atom. The zero-order chi connectivity index (χ0) is 13.7. The van der Waals surface area contributed by atoms with Crippen molar-refractivity contribution in [3.8, 4) is 6.07 Å². The lowest BCUT2D eigenvalue weighted by Crippen LogP contribution is -2.48. The Bertz CT molecular complexity index is 585. The van der Waals surface area contributed by atoms with Gasteiger partial charge in [0.25, 0.3) is 0 Å². The van der Waals surface area contributed by atoms with Crippen molar-refractivity contribution in [3.63, 3.8) is 0 Å². The van der Waals surface area contributed by atoms with Crippen LogP contribution >= 0.6 is 0 Å². The van der Waals surface area contributed by atoms with E-state index in [0.29, 0.717) is 5.56 Å². The first-order valence-electron chi connectivity index (χ1n) is 6.41. The van der Waals surface area contributed by atoms with E-state index in [-0.39, 0.29) is 0 Å². The fourth-order valence-corrected chi connectivity index (χ4v) is 3.96. The average molecular weight is 266 g/mol. The number of benzene rings is 2. The molecular formula is C16H18N2Si. The molecule has 0 aromatic heterocycles. The lowest BCUT2D eigenvalue weighted by atomic mass is 10.2. The molecule has 2 aromatic rings. The molecular weight excluding hydrogens is 248 g/mol. The van der Waals surface area contributed by atoms with Gasteiger partial charge in [0.2, 0.25) is 0 Å². The zero-order valence-electron chi connectivity index (χ0n) is 11.4. The molecule has 96 valence electrons. The number of rotatable bonds is 4. The standard InChI is InChI=1S/C16H18N2Si/c1-19(2,16-9-4-3-5-10-16)13-18-15-8-6-7-14(11-15)12-17/h3-11,18H,13H2,1-2H3. The van der Waals surface area contributed by atoms with E-state index in [1.54, 1.807) is 0 Å². The Labute approximate surface area is 115 Å². The van der Waals surface area contributed by atoms with Gasteiger partial charge in [-0.3, -0.25) is 0 Å². The quantitative estimate of drug-likeness (QED) is 0.863. The SMILES string of the molecule is C[Si](C)(CNc1cccc(C#N)c1)c1ccccc1. The van der Waals surface area contributed by atoms with Crippen molar-refractivity contribution in [1.29, 1.82) is 5.26 Å². The highest BCUT2D eigenvalue weighted by Crippen LogP contribution is 2.11. The number of hydrogen-bond acceptors (Lipinski definition) is 2. The van der Waals surface area contributed by atoms with Crippen LogP contribution in [-0.2, 0) is 0 Å². The van der Waals surface area contributed by atoms with Crippen molar-refractivity contribution in [3.05, 3.63) is 60.2 Å². The first-order valence-corrected chi connectivity index (χ1v) is 9.62. The topological polar surface area (TPSA) is 35.8 Å². The molecule has 0 saturated heterocycles. The summed E-state index contributed by atoms with van der Waals surface area (Å²) in [6.07, 6.45) is 0.964. The van der Waals surface area contributed by atoms with Crippen LogP contribution in [0.4, 0.5) is 5.69 Å². The molecule has 1 N–H and O–H groups in total. The summed E-state index contributed by atoms with van der Waals surface area (Å²) >= 11 is 0. The highest BCUT2D eigenvalue weighted by atomic mass is 28.3. The Morgan fingerprint density at radius 3 is 2.47 bits per heavy atom. The molecule has 0 spiro atoms. The van der Waals surface area contributed by atoms with Gasteiger partial charge in [-0.1, -0.05) is 54.7 Å². The van der Waals surface area contributed by atoms with E-state index in [9.17, 15) is 0 Å². The molecule has 0 fully saturated rings. The van der Waals surface area contributed by atoms with Crippen molar-refractivity contribution < 1.29 is 0 Å². The van der Waals surface area contributed by atoms with Crippen LogP contribution in [0.15, 0.2) is 54.6 Å². The van der Waals surface area contributed by atoms with Crippen molar-refractivity contribution in [1.82, 2.24) is 0 Å². The second-order valence-corrected chi connectivity index (χ2v) is 9.99. The Kier molecular flexibility index (Phi) is 4.03. The summed E-state index contributed by atoms with van der Waals surface area (Å²) in [5.74, 6) is 0. The van der Waals surface area contributed by atoms with Crippen LogP contribution in [-0.4, -0.2) is 14.2 Å². The van der Waals surface area contributed by atoms with Crippen LogP contribution < -0.4 is 10.5 Å². The van der Waals surface area contributed by atoms with Gasteiger partial charge >= 0.3 is 0 Å². The number of hydrogen-bond donors (Lipinski definition) is 1. The van der Waals surface area contributed by atoms with E-state index in [1.165, 1.54) is 5.19 Å². The maximum Gasteiger partial charge on any atom is 0.101 e. The average Bonchev–Trinajstić information content (AvgIpc) is 2.46. The predicted molar refractivity (Wildman–Crippen MR) is 83.2 cm³/mol. The van der Waals surface area contributed by atoms with Gasteiger partial charge in [-0.25, -0.2) is 0 Å². The molecule has 0 aliphatic rings. The van der Waals surface area contributed by atoms with E-state index in [0.717, 1.165) is 11.9 Å². The minimum absolute atomic E-state index is 0.698. The molecule has 2 aromatic carbocycles. The normalized spacial score (nSPS) is 10.8. The summed E-state index contributed by atoms with van der Waals surface area (Å²) in [6.45, 7) is 4.70. The molecule has 2 rings (SSSR count).